The zero-order valence-electron chi connectivity index (χ0n) is 43.9. The van der Waals surface area contributed by atoms with Crippen molar-refractivity contribution >= 4 is 11.9 Å². The van der Waals surface area contributed by atoms with E-state index in [4.69, 9.17) is 21.1 Å². The summed E-state index contributed by atoms with van der Waals surface area (Å²) in [4.78, 5) is 28.3. The van der Waals surface area contributed by atoms with Crippen LogP contribution in [0.15, 0.2) is 11.9 Å². The third kappa shape index (κ3) is 45.7. The van der Waals surface area contributed by atoms with Gasteiger partial charge < -0.3 is 30.2 Å². The molecule has 0 saturated carbocycles. The van der Waals surface area contributed by atoms with Crippen molar-refractivity contribution in [1.82, 2.24) is 9.91 Å². The summed E-state index contributed by atoms with van der Waals surface area (Å²) >= 11 is 0. The highest BCUT2D eigenvalue weighted by molar-refractivity contribution is 5.69. The first-order valence-corrected chi connectivity index (χ1v) is 28.5. The summed E-state index contributed by atoms with van der Waals surface area (Å²) in [5.41, 5.74) is 7.05. The smallest absolute Gasteiger partial charge is 0.306 e. The van der Waals surface area contributed by atoms with E-state index in [9.17, 15) is 14.7 Å². The molecule has 0 aromatic heterocycles. The summed E-state index contributed by atoms with van der Waals surface area (Å²) in [7, 11) is 0. The molecule has 0 saturated heterocycles. The molecule has 9 nitrogen and oxygen atoms in total. The van der Waals surface area contributed by atoms with Crippen molar-refractivity contribution < 1.29 is 24.2 Å². The largest absolute Gasteiger partial charge is 0.462 e. The van der Waals surface area contributed by atoms with E-state index in [1.807, 2.05) is 0 Å². The first-order valence-electron chi connectivity index (χ1n) is 28.5. The van der Waals surface area contributed by atoms with E-state index >= 15 is 0 Å². The Bertz CT molecular complexity index is 948. The molecule has 5 N–H and O–H groups in total. The van der Waals surface area contributed by atoms with Crippen molar-refractivity contribution in [1.29, 1.82) is 0 Å². The van der Waals surface area contributed by atoms with E-state index in [2.05, 4.69) is 32.6 Å². The van der Waals surface area contributed by atoms with Crippen LogP contribution in [-0.4, -0.2) is 71.9 Å². The summed E-state index contributed by atoms with van der Waals surface area (Å²) in [6.45, 7) is 12.3. The van der Waals surface area contributed by atoms with Gasteiger partial charge in [0.2, 0.25) is 0 Å². The van der Waals surface area contributed by atoms with Crippen LogP contribution in [-0.2, 0) is 19.1 Å². The number of nitrogens with two attached hydrogens (primary N) is 2. The second-order valence-electron chi connectivity index (χ2n) is 19.7. The fourth-order valence-corrected chi connectivity index (χ4v) is 8.97. The predicted octanol–water partition coefficient (Wildman–Crippen LogP) is 15.2. The molecule has 0 spiro atoms. The zero-order chi connectivity index (χ0) is 47.7. The number of hydrazine groups is 1. The molecule has 0 amide bonds. The van der Waals surface area contributed by atoms with Gasteiger partial charge in [-0.25, -0.2) is 5.84 Å². The third-order valence-corrected chi connectivity index (χ3v) is 13.2. The Labute approximate surface area is 404 Å². The molecular formula is C56H112N4O5. The molecule has 65 heavy (non-hydrogen) atoms. The van der Waals surface area contributed by atoms with Crippen LogP contribution in [0.3, 0.4) is 0 Å². The van der Waals surface area contributed by atoms with Crippen LogP contribution in [0.4, 0.5) is 0 Å². The van der Waals surface area contributed by atoms with E-state index in [0.29, 0.717) is 19.4 Å². The van der Waals surface area contributed by atoms with E-state index in [1.54, 1.807) is 6.20 Å². The van der Waals surface area contributed by atoms with Gasteiger partial charge in [-0.1, -0.05) is 195 Å². The van der Waals surface area contributed by atoms with Crippen molar-refractivity contribution in [3.8, 4) is 0 Å². The summed E-state index contributed by atoms with van der Waals surface area (Å²) in [5.74, 6) is 5.96. The summed E-state index contributed by atoms with van der Waals surface area (Å²) in [5, 5.41) is 10.7. The van der Waals surface area contributed by atoms with Gasteiger partial charge in [0.15, 0.2) is 0 Å². The van der Waals surface area contributed by atoms with Gasteiger partial charge in [0.05, 0.1) is 13.2 Å². The molecule has 386 valence electrons. The molecule has 0 fully saturated rings. The first-order chi connectivity index (χ1) is 31.8. The van der Waals surface area contributed by atoms with E-state index in [0.717, 1.165) is 122 Å². The van der Waals surface area contributed by atoms with E-state index in [-0.39, 0.29) is 30.8 Å². The fourth-order valence-electron chi connectivity index (χ4n) is 8.97. The van der Waals surface area contributed by atoms with Crippen molar-refractivity contribution in [2.45, 2.75) is 303 Å². The summed E-state index contributed by atoms with van der Waals surface area (Å²) in [6, 6.07) is 0. The predicted molar refractivity (Wildman–Crippen MR) is 278 cm³/mol. The molecule has 9 heteroatoms. The van der Waals surface area contributed by atoms with Gasteiger partial charge >= 0.3 is 11.9 Å². The van der Waals surface area contributed by atoms with Gasteiger partial charge in [-0.05, 0) is 90.1 Å². The summed E-state index contributed by atoms with van der Waals surface area (Å²) in [6.07, 6.45) is 49.1. The van der Waals surface area contributed by atoms with Crippen LogP contribution < -0.4 is 11.6 Å². The normalized spacial score (nSPS) is 12.0. The second kappa shape index (κ2) is 50.0. The van der Waals surface area contributed by atoms with Gasteiger partial charge in [0.25, 0.3) is 0 Å². The molecule has 0 aromatic carbocycles. The monoisotopic (exact) mass is 921 g/mol. The molecule has 0 heterocycles. The zero-order valence-corrected chi connectivity index (χ0v) is 43.9. The van der Waals surface area contributed by atoms with Gasteiger partial charge in [-0.3, -0.25) is 9.59 Å². The lowest BCUT2D eigenvalue weighted by molar-refractivity contribution is -0.151. The minimum atomic E-state index is -0.00711. The molecule has 0 radical (unpaired) electrons. The van der Waals surface area contributed by atoms with E-state index < -0.39 is 0 Å². The third-order valence-electron chi connectivity index (χ3n) is 13.2. The maximum Gasteiger partial charge on any atom is 0.306 e. The number of ether oxygens (including phenoxy) is 2. The van der Waals surface area contributed by atoms with Gasteiger partial charge in [0.1, 0.15) is 12.2 Å². The lowest BCUT2D eigenvalue weighted by atomic mass is 10.0. The van der Waals surface area contributed by atoms with Gasteiger partial charge in [0, 0.05) is 37.7 Å². The average molecular weight is 922 g/mol. The Morgan fingerprint density at radius 1 is 0.431 bits per heavy atom. The lowest BCUT2D eigenvalue weighted by Gasteiger charge is -2.23. The number of esters is 2. The lowest BCUT2D eigenvalue weighted by Crippen LogP contribution is -2.31. The van der Waals surface area contributed by atoms with Crippen molar-refractivity contribution in [3.05, 3.63) is 11.9 Å². The number of aliphatic hydroxyl groups excluding tert-OH is 1. The maximum atomic E-state index is 12.9. The number of hydrogen-bond acceptors (Lipinski definition) is 9. The van der Waals surface area contributed by atoms with Crippen molar-refractivity contribution in [3.63, 3.8) is 0 Å². The van der Waals surface area contributed by atoms with Crippen LogP contribution in [0.2, 0.25) is 0 Å². The minimum absolute atomic E-state index is 0.00463. The van der Waals surface area contributed by atoms with Crippen LogP contribution in [0.5, 0.6) is 0 Å². The molecule has 0 aromatic rings. The quantitative estimate of drug-likeness (QED) is 0.0236. The first kappa shape index (κ1) is 63.2. The molecule has 0 bridgehead atoms. The highest BCUT2D eigenvalue weighted by Gasteiger charge is 2.16. The molecular weight excluding hydrogens is 809 g/mol. The number of carbonyl (C=O) groups excluding carboxylic acids is 2. The number of hydrogen-bond donors (Lipinski definition) is 3. The van der Waals surface area contributed by atoms with Gasteiger partial charge in [-0.2, -0.15) is 0 Å². The highest BCUT2D eigenvalue weighted by Crippen LogP contribution is 2.20. The Morgan fingerprint density at radius 3 is 1.08 bits per heavy atom. The fraction of sp³-hybridized carbons (Fsp3) is 0.929. The standard InChI is InChI=1S/C56H112N4O5/c1-5-9-13-17-23-31-39-53(40-32-24-18-14-10-6-2)64-55(62)43-35-27-21-29-37-46-59(48-45-52(57)51-60(58)49-50-61)47-38-30-22-28-36-44-56(63)65-54(41-33-25-19-15-11-7-3)42-34-26-20-16-12-8-4/h51,53-54,61H,5-50,57-58H2,1-4H3/b52-51-. The Kier molecular flexibility index (Phi) is 48.6. The molecule has 0 aliphatic carbocycles. The van der Waals surface area contributed by atoms with Crippen LogP contribution in [0, 0.1) is 0 Å². The molecule has 0 atom stereocenters. The topological polar surface area (TPSA) is 131 Å². The van der Waals surface area contributed by atoms with Crippen molar-refractivity contribution in [2.75, 3.05) is 32.8 Å². The van der Waals surface area contributed by atoms with Crippen LogP contribution >= 0.6 is 0 Å². The second-order valence-corrected chi connectivity index (χ2v) is 19.7. The summed E-state index contributed by atoms with van der Waals surface area (Å²) < 4.78 is 12.2. The minimum Gasteiger partial charge on any atom is -0.462 e. The average Bonchev–Trinajstić information content (AvgIpc) is 3.28. The Balaban J connectivity index is 4.72. The Morgan fingerprint density at radius 2 is 0.738 bits per heavy atom. The van der Waals surface area contributed by atoms with E-state index in [1.165, 1.54) is 159 Å². The highest BCUT2D eigenvalue weighted by atomic mass is 16.5. The number of rotatable bonds is 52. The van der Waals surface area contributed by atoms with Crippen LogP contribution in [0.25, 0.3) is 0 Å². The number of unbranched alkanes of at least 4 members (excludes halogenated alkanes) is 28. The number of carbonyl (C=O) groups is 2. The van der Waals surface area contributed by atoms with Crippen LogP contribution in [0.1, 0.15) is 291 Å². The molecule has 0 aliphatic rings. The maximum absolute atomic E-state index is 12.9. The van der Waals surface area contributed by atoms with Gasteiger partial charge in [-0.15, -0.1) is 0 Å². The molecule has 0 unspecified atom stereocenters. The number of aliphatic hydroxyl groups is 1. The molecule has 0 rings (SSSR count). The SMILES string of the molecule is CCCCCCCCC(CCCCCCCC)OC(=O)CCCCCCCN(CCCCCCCC(=O)OC(CCCCCCCC)CCCCCCCC)CC/C(N)=C/N(N)CCO. The molecule has 0 aliphatic heterocycles. The number of nitrogens with zero attached hydrogens (tertiary/aromatic N) is 2. The Hall–Kier alpha value is -1.84. The van der Waals surface area contributed by atoms with Crippen molar-refractivity contribution in [2.24, 2.45) is 11.6 Å².